The Morgan fingerprint density at radius 3 is 2.54 bits per heavy atom. The van der Waals surface area contributed by atoms with Gasteiger partial charge < -0.3 is 20.1 Å². The van der Waals surface area contributed by atoms with Crippen LogP contribution < -0.4 is 15.4 Å². The lowest BCUT2D eigenvalue weighted by atomic mass is 10.2. The van der Waals surface area contributed by atoms with E-state index >= 15 is 0 Å². The summed E-state index contributed by atoms with van der Waals surface area (Å²) in [6.07, 6.45) is 2.42. The molecule has 2 N–H and O–H groups in total. The smallest absolute Gasteiger partial charge is 0.238 e. The molecule has 1 saturated heterocycles. The summed E-state index contributed by atoms with van der Waals surface area (Å²) in [5, 5.41) is 5.99. The van der Waals surface area contributed by atoms with Crippen LogP contribution in [0.3, 0.4) is 0 Å². The van der Waals surface area contributed by atoms with Crippen molar-refractivity contribution in [2.75, 3.05) is 25.0 Å². The van der Waals surface area contributed by atoms with Gasteiger partial charge in [-0.2, -0.15) is 0 Å². The highest BCUT2D eigenvalue weighted by molar-refractivity contribution is 5.92. The average Bonchev–Trinajstić information content (AvgIpc) is 3.11. The highest BCUT2D eigenvalue weighted by Crippen LogP contribution is 2.22. The van der Waals surface area contributed by atoms with Crippen molar-refractivity contribution >= 4 is 11.6 Å². The molecule has 5 nitrogen and oxygen atoms in total. The summed E-state index contributed by atoms with van der Waals surface area (Å²) in [4.78, 5) is 11.9. The van der Waals surface area contributed by atoms with Crippen LogP contribution in [-0.4, -0.2) is 31.7 Å². The standard InChI is InChI=1S/C19H22N2O3/c22-19(14-20-13-18-7-4-12-23-18)21-15-8-10-17(11-9-15)24-16-5-2-1-3-6-16/h1-3,5-6,8-11,18,20H,4,7,12-14H2,(H,21,22). The second kappa shape index (κ2) is 8.47. The predicted octanol–water partition coefficient (Wildman–Crippen LogP) is 3.19. The minimum atomic E-state index is -0.0651. The Hall–Kier alpha value is -2.37. The van der Waals surface area contributed by atoms with Gasteiger partial charge in [0.15, 0.2) is 0 Å². The molecular weight excluding hydrogens is 304 g/mol. The maximum absolute atomic E-state index is 11.9. The zero-order valence-corrected chi connectivity index (χ0v) is 13.5. The van der Waals surface area contributed by atoms with Gasteiger partial charge in [0.2, 0.25) is 5.91 Å². The molecule has 0 radical (unpaired) electrons. The zero-order chi connectivity index (χ0) is 16.6. The van der Waals surface area contributed by atoms with Gasteiger partial charge in [-0.15, -0.1) is 0 Å². The molecule has 1 fully saturated rings. The van der Waals surface area contributed by atoms with Crippen LogP contribution in [0.5, 0.6) is 11.5 Å². The van der Waals surface area contributed by atoms with Crippen LogP contribution >= 0.6 is 0 Å². The number of ether oxygens (including phenoxy) is 2. The van der Waals surface area contributed by atoms with Crippen molar-refractivity contribution in [1.29, 1.82) is 0 Å². The second-order valence-electron chi connectivity index (χ2n) is 5.75. The van der Waals surface area contributed by atoms with Gasteiger partial charge in [0.1, 0.15) is 11.5 Å². The lowest BCUT2D eigenvalue weighted by Crippen LogP contribution is -2.33. The molecule has 1 amide bonds. The number of carbonyl (C=O) groups excluding carboxylic acids is 1. The van der Waals surface area contributed by atoms with E-state index in [-0.39, 0.29) is 18.6 Å². The van der Waals surface area contributed by atoms with Crippen molar-refractivity contribution in [3.8, 4) is 11.5 Å². The molecule has 1 heterocycles. The summed E-state index contributed by atoms with van der Waals surface area (Å²) >= 11 is 0. The number of para-hydroxylation sites is 1. The van der Waals surface area contributed by atoms with Gasteiger partial charge in [0, 0.05) is 18.8 Å². The summed E-state index contributed by atoms with van der Waals surface area (Å²) in [5.74, 6) is 1.45. The summed E-state index contributed by atoms with van der Waals surface area (Å²) < 4.78 is 11.2. The van der Waals surface area contributed by atoms with Crippen LogP contribution in [0.25, 0.3) is 0 Å². The summed E-state index contributed by atoms with van der Waals surface area (Å²) in [5.41, 5.74) is 0.749. The molecule has 24 heavy (non-hydrogen) atoms. The molecule has 3 rings (SSSR count). The summed E-state index contributed by atoms with van der Waals surface area (Å²) in [6, 6.07) is 16.9. The summed E-state index contributed by atoms with van der Waals surface area (Å²) in [6.45, 7) is 1.83. The minimum absolute atomic E-state index is 0.0651. The Labute approximate surface area is 142 Å². The summed E-state index contributed by atoms with van der Waals surface area (Å²) in [7, 11) is 0. The van der Waals surface area contributed by atoms with E-state index in [9.17, 15) is 4.79 Å². The quantitative estimate of drug-likeness (QED) is 0.820. The van der Waals surface area contributed by atoms with Gasteiger partial charge in [0.05, 0.1) is 12.6 Å². The molecule has 0 saturated carbocycles. The lowest BCUT2D eigenvalue weighted by Gasteiger charge is -2.11. The fourth-order valence-electron chi connectivity index (χ4n) is 2.59. The van der Waals surface area contributed by atoms with Gasteiger partial charge in [-0.3, -0.25) is 4.79 Å². The Bertz CT molecular complexity index is 637. The predicted molar refractivity (Wildman–Crippen MR) is 93.4 cm³/mol. The first-order valence-electron chi connectivity index (χ1n) is 8.25. The fraction of sp³-hybridized carbons (Fsp3) is 0.316. The SMILES string of the molecule is O=C(CNCC1CCCO1)Nc1ccc(Oc2ccccc2)cc1. The molecule has 1 unspecified atom stereocenters. The molecule has 126 valence electrons. The normalized spacial score (nSPS) is 16.8. The van der Waals surface area contributed by atoms with Crippen LogP contribution in [-0.2, 0) is 9.53 Å². The Morgan fingerprint density at radius 2 is 1.83 bits per heavy atom. The zero-order valence-electron chi connectivity index (χ0n) is 13.5. The highest BCUT2D eigenvalue weighted by Gasteiger charge is 2.15. The molecule has 1 aliphatic heterocycles. The third kappa shape index (κ3) is 5.08. The van der Waals surface area contributed by atoms with E-state index in [0.29, 0.717) is 0 Å². The molecule has 1 atom stereocenters. The number of carbonyl (C=O) groups is 1. The van der Waals surface area contributed by atoms with E-state index < -0.39 is 0 Å². The van der Waals surface area contributed by atoms with E-state index in [2.05, 4.69) is 10.6 Å². The minimum Gasteiger partial charge on any atom is -0.457 e. The average molecular weight is 326 g/mol. The molecule has 0 aliphatic carbocycles. The maximum Gasteiger partial charge on any atom is 0.238 e. The third-order valence-electron chi connectivity index (χ3n) is 3.80. The van der Waals surface area contributed by atoms with E-state index in [1.165, 1.54) is 0 Å². The molecule has 2 aromatic rings. The Kier molecular flexibility index (Phi) is 5.82. The highest BCUT2D eigenvalue weighted by atomic mass is 16.5. The first-order valence-corrected chi connectivity index (χ1v) is 8.25. The number of anilines is 1. The van der Waals surface area contributed by atoms with Crippen LogP contribution in [0.2, 0.25) is 0 Å². The van der Waals surface area contributed by atoms with Gasteiger partial charge in [-0.05, 0) is 49.2 Å². The second-order valence-corrected chi connectivity index (χ2v) is 5.75. The van der Waals surface area contributed by atoms with Crippen molar-refractivity contribution in [3.63, 3.8) is 0 Å². The number of amides is 1. The number of nitrogens with one attached hydrogen (secondary N) is 2. The van der Waals surface area contributed by atoms with Gasteiger partial charge in [-0.25, -0.2) is 0 Å². The molecule has 1 aliphatic rings. The van der Waals surface area contributed by atoms with Crippen LogP contribution in [0, 0.1) is 0 Å². The molecule has 0 aromatic heterocycles. The van der Waals surface area contributed by atoms with Crippen molar-refractivity contribution in [3.05, 3.63) is 54.6 Å². The Morgan fingerprint density at radius 1 is 1.08 bits per heavy atom. The van der Waals surface area contributed by atoms with Crippen molar-refractivity contribution < 1.29 is 14.3 Å². The van der Waals surface area contributed by atoms with E-state index in [1.54, 1.807) is 0 Å². The van der Waals surface area contributed by atoms with Crippen molar-refractivity contribution in [1.82, 2.24) is 5.32 Å². The van der Waals surface area contributed by atoms with Gasteiger partial charge >= 0.3 is 0 Å². The van der Waals surface area contributed by atoms with Gasteiger partial charge in [-0.1, -0.05) is 18.2 Å². The topological polar surface area (TPSA) is 59.6 Å². The molecule has 2 aromatic carbocycles. The molecule has 5 heteroatoms. The fourth-order valence-corrected chi connectivity index (χ4v) is 2.59. The monoisotopic (exact) mass is 326 g/mol. The van der Waals surface area contributed by atoms with E-state index in [1.807, 2.05) is 54.6 Å². The first kappa shape index (κ1) is 16.5. The number of hydrogen-bond acceptors (Lipinski definition) is 4. The molecule has 0 bridgehead atoms. The maximum atomic E-state index is 11.9. The van der Waals surface area contributed by atoms with Crippen molar-refractivity contribution in [2.45, 2.75) is 18.9 Å². The van der Waals surface area contributed by atoms with Crippen LogP contribution in [0.15, 0.2) is 54.6 Å². The van der Waals surface area contributed by atoms with E-state index in [0.717, 1.165) is 43.2 Å². The van der Waals surface area contributed by atoms with Crippen molar-refractivity contribution in [2.24, 2.45) is 0 Å². The molecule has 0 spiro atoms. The number of rotatable bonds is 7. The first-order chi connectivity index (χ1) is 11.8. The third-order valence-corrected chi connectivity index (χ3v) is 3.80. The van der Waals surface area contributed by atoms with Gasteiger partial charge in [0.25, 0.3) is 0 Å². The van der Waals surface area contributed by atoms with Crippen LogP contribution in [0.4, 0.5) is 5.69 Å². The number of benzene rings is 2. The number of hydrogen-bond donors (Lipinski definition) is 2. The van der Waals surface area contributed by atoms with E-state index in [4.69, 9.17) is 9.47 Å². The molecular formula is C19H22N2O3. The largest absolute Gasteiger partial charge is 0.457 e. The Balaban J connectivity index is 1.42. The van der Waals surface area contributed by atoms with Crippen LogP contribution in [0.1, 0.15) is 12.8 Å². The lowest BCUT2D eigenvalue weighted by molar-refractivity contribution is -0.115.